The lowest BCUT2D eigenvalue weighted by atomic mass is 9.51. The van der Waals surface area contributed by atoms with Gasteiger partial charge >= 0.3 is 0 Å². The summed E-state index contributed by atoms with van der Waals surface area (Å²) >= 11 is 0. The van der Waals surface area contributed by atoms with E-state index in [0.717, 1.165) is 36.3 Å². The lowest BCUT2D eigenvalue weighted by Crippen LogP contribution is -2.57. The summed E-state index contributed by atoms with van der Waals surface area (Å²) in [5.74, 6) is 3.38. The number of benzene rings is 3. The first-order valence-electron chi connectivity index (χ1n) is 14.4. The van der Waals surface area contributed by atoms with Crippen LogP contribution in [-0.2, 0) is 11.0 Å². The summed E-state index contributed by atoms with van der Waals surface area (Å²) in [6.45, 7) is -0.0412. The molecule has 39 heavy (non-hydrogen) atoms. The SMILES string of the molecule is COc1ccc2c(c1)OC1(c3ccc(OC)cc3OCC(=O)c3ccccc3)CCCCC1C21CCCCC1. The fourth-order valence-electron chi connectivity index (χ4n) is 7.62. The standard InChI is InChI=1S/C34H38O5/c1-36-25-15-17-28(30(21-25)38-23-29(35)24-11-5-3-6-12-24)34-20-10-7-13-32(34)33(18-8-4-9-19-33)27-16-14-26(37-2)22-31(27)39-34/h3,5-6,11-12,14-17,21-22,32H,4,7-10,13,18-20,23H2,1-2H3. The lowest BCUT2D eigenvalue weighted by molar-refractivity contribution is -0.0961. The van der Waals surface area contributed by atoms with Crippen molar-refractivity contribution in [1.82, 2.24) is 0 Å². The molecule has 2 aliphatic carbocycles. The van der Waals surface area contributed by atoms with Gasteiger partial charge in [-0.1, -0.05) is 62.1 Å². The molecule has 0 saturated heterocycles. The zero-order valence-corrected chi connectivity index (χ0v) is 23.0. The van der Waals surface area contributed by atoms with Gasteiger partial charge in [-0.3, -0.25) is 4.79 Å². The number of rotatable bonds is 7. The van der Waals surface area contributed by atoms with Crippen molar-refractivity contribution < 1.29 is 23.7 Å². The van der Waals surface area contributed by atoms with Crippen molar-refractivity contribution in [3.63, 3.8) is 0 Å². The van der Waals surface area contributed by atoms with Crippen LogP contribution in [0.3, 0.4) is 0 Å². The first-order valence-corrected chi connectivity index (χ1v) is 14.4. The van der Waals surface area contributed by atoms with Crippen LogP contribution in [0.5, 0.6) is 23.0 Å². The highest BCUT2D eigenvalue weighted by Crippen LogP contribution is 2.64. The fourth-order valence-corrected chi connectivity index (χ4v) is 7.62. The van der Waals surface area contributed by atoms with Crippen molar-refractivity contribution in [3.05, 3.63) is 83.4 Å². The monoisotopic (exact) mass is 526 g/mol. The van der Waals surface area contributed by atoms with Crippen LogP contribution in [-0.4, -0.2) is 26.6 Å². The first kappa shape index (κ1) is 25.8. The van der Waals surface area contributed by atoms with E-state index in [2.05, 4.69) is 24.3 Å². The number of ether oxygens (including phenoxy) is 4. The minimum absolute atomic E-state index is 0.0412. The van der Waals surface area contributed by atoms with Crippen molar-refractivity contribution in [2.45, 2.75) is 68.8 Å². The molecule has 0 amide bonds. The van der Waals surface area contributed by atoms with Crippen LogP contribution in [0.4, 0.5) is 0 Å². The second-order valence-corrected chi connectivity index (χ2v) is 11.3. The molecule has 2 saturated carbocycles. The van der Waals surface area contributed by atoms with E-state index >= 15 is 0 Å². The van der Waals surface area contributed by atoms with Crippen molar-refractivity contribution in [2.75, 3.05) is 20.8 Å². The summed E-state index contributed by atoms with van der Waals surface area (Å²) in [6, 6.07) is 21.8. The van der Waals surface area contributed by atoms with Crippen LogP contribution in [0.25, 0.3) is 0 Å². The van der Waals surface area contributed by atoms with Gasteiger partial charge in [-0.15, -0.1) is 0 Å². The van der Waals surface area contributed by atoms with Crippen molar-refractivity contribution in [1.29, 1.82) is 0 Å². The van der Waals surface area contributed by atoms with Gasteiger partial charge in [0.25, 0.3) is 0 Å². The minimum atomic E-state index is -0.549. The Balaban J connectivity index is 1.46. The Kier molecular flexibility index (Phi) is 7.01. The van der Waals surface area contributed by atoms with E-state index in [9.17, 15) is 4.79 Å². The summed E-state index contributed by atoms with van der Waals surface area (Å²) in [6.07, 6.45) is 10.4. The Bertz CT molecular complexity index is 1330. The van der Waals surface area contributed by atoms with Gasteiger partial charge < -0.3 is 18.9 Å². The second kappa shape index (κ2) is 10.6. The summed E-state index contributed by atoms with van der Waals surface area (Å²) < 4.78 is 24.8. The number of methoxy groups -OCH3 is 2. The molecule has 204 valence electrons. The normalized spacial score (nSPS) is 23.2. The van der Waals surface area contributed by atoms with Crippen LogP contribution in [0.2, 0.25) is 0 Å². The third-order valence-corrected chi connectivity index (χ3v) is 9.38. The van der Waals surface area contributed by atoms with Crippen molar-refractivity contribution >= 4 is 5.78 Å². The van der Waals surface area contributed by atoms with Gasteiger partial charge in [0.15, 0.2) is 12.4 Å². The Labute approximate surface area is 231 Å². The van der Waals surface area contributed by atoms with E-state index in [4.69, 9.17) is 18.9 Å². The summed E-state index contributed by atoms with van der Waals surface area (Å²) in [5, 5.41) is 0. The van der Waals surface area contributed by atoms with Crippen LogP contribution in [0, 0.1) is 5.92 Å². The third-order valence-electron chi connectivity index (χ3n) is 9.38. The smallest absolute Gasteiger partial charge is 0.200 e. The van der Waals surface area contributed by atoms with E-state index < -0.39 is 5.60 Å². The first-order chi connectivity index (χ1) is 19.1. The maximum absolute atomic E-state index is 13.0. The number of hydrogen-bond acceptors (Lipinski definition) is 5. The van der Waals surface area contributed by atoms with Crippen LogP contribution in [0.15, 0.2) is 66.7 Å². The molecule has 1 heterocycles. The summed E-state index contributed by atoms with van der Waals surface area (Å²) in [4.78, 5) is 13.0. The van der Waals surface area contributed by atoms with Crippen LogP contribution in [0.1, 0.15) is 79.3 Å². The molecule has 1 spiro atoms. The fraction of sp³-hybridized carbons (Fsp3) is 0.441. The predicted molar refractivity (Wildman–Crippen MR) is 151 cm³/mol. The molecule has 5 nitrogen and oxygen atoms in total. The second-order valence-electron chi connectivity index (χ2n) is 11.3. The Morgan fingerprint density at radius 3 is 2.26 bits per heavy atom. The molecule has 1 aliphatic heterocycles. The molecule has 0 N–H and O–H groups in total. The largest absolute Gasteiger partial charge is 0.497 e. The highest BCUT2D eigenvalue weighted by Gasteiger charge is 2.59. The highest BCUT2D eigenvalue weighted by atomic mass is 16.5. The van der Waals surface area contributed by atoms with Gasteiger partial charge in [0.1, 0.15) is 28.6 Å². The molecule has 3 aromatic rings. The van der Waals surface area contributed by atoms with Gasteiger partial charge in [0, 0.05) is 40.2 Å². The Morgan fingerprint density at radius 1 is 0.821 bits per heavy atom. The summed E-state index contributed by atoms with van der Waals surface area (Å²) in [7, 11) is 3.37. The molecular weight excluding hydrogens is 488 g/mol. The Hall–Kier alpha value is -3.47. The quantitative estimate of drug-likeness (QED) is 0.296. The van der Waals surface area contributed by atoms with E-state index in [-0.39, 0.29) is 17.8 Å². The van der Waals surface area contributed by atoms with Crippen LogP contribution < -0.4 is 18.9 Å². The van der Waals surface area contributed by atoms with Gasteiger partial charge in [0.05, 0.1) is 14.2 Å². The topological polar surface area (TPSA) is 54.0 Å². The number of ketones is 1. The van der Waals surface area contributed by atoms with Gasteiger partial charge in [-0.2, -0.15) is 0 Å². The van der Waals surface area contributed by atoms with E-state index in [1.165, 1.54) is 44.1 Å². The van der Waals surface area contributed by atoms with Crippen molar-refractivity contribution in [2.24, 2.45) is 5.92 Å². The Morgan fingerprint density at radius 2 is 1.51 bits per heavy atom. The minimum Gasteiger partial charge on any atom is -0.497 e. The van der Waals surface area contributed by atoms with Gasteiger partial charge in [0.2, 0.25) is 0 Å². The average Bonchev–Trinajstić information content (AvgIpc) is 3.00. The molecule has 2 unspecified atom stereocenters. The number of hydrogen-bond donors (Lipinski definition) is 0. The maximum atomic E-state index is 13.0. The van der Waals surface area contributed by atoms with E-state index in [0.29, 0.717) is 23.0 Å². The molecule has 2 fully saturated rings. The van der Waals surface area contributed by atoms with E-state index in [1.807, 2.05) is 42.5 Å². The molecule has 0 bridgehead atoms. The molecule has 3 aromatic carbocycles. The molecule has 0 aromatic heterocycles. The predicted octanol–water partition coefficient (Wildman–Crippen LogP) is 7.65. The number of carbonyl (C=O) groups excluding carboxylic acids is 1. The number of fused-ring (bicyclic) bond motifs is 4. The molecule has 0 radical (unpaired) electrons. The summed E-state index contributed by atoms with van der Waals surface area (Å²) in [5.41, 5.74) is 2.50. The maximum Gasteiger partial charge on any atom is 0.200 e. The zero-order valence-electron chi connectivity index (χ0n) is 23.0. The molecule has 5 heteroatoms. The molecular formula is C34H38O5. The van der Waals surface area contributed by atoms with Gasteiger partial charge in [-0.25, -0.2) is 0 Å². The lowest BCUT2D eigenvalue weighted by Gasteiger charge is -2.58. The zero-order chi connectivity index (χ0) is 26.9. The van der Waals surface area contributed by atoms with Gasteiger partial charge in [-0.05, 0) is 50.3 Å². The molecule has 6 rings (SSSR count). The van der Waals surface area contributed by atoms with Crippen molar-refractivity contribution in [3.8, 4) is 23.0 Å². The average molecular weight is 527 g/mol. The van der Waals surface area contributed by atoms with E-state index in [1.54, 1.807) is 14.2 Å². The third kappa shape index (κ3) is 4.46. The van der Waals surface area contributed by atoms with Crippen LogP contribution >= 0.6 is 0 Å². The number of carbonyl (C=O) groups is 1. The molecule has 3 aliphatic rings. The number of Topliss-reactive ketones (excluding diaryl/α,β-unsaturated/α-hetero) is 1. The molecule has 2 atom stereocenters. The highest BCUT2D eigenvalue weighted by molar-refractivity contribution is 5.97.